The average molecular weight is 422 g/mol. The number of benzene rings is 1. The molecular formula is C23H36BrNO. The third-order valence-electron chi connectivity index (χ3n) is 8.06. The highest BCUT2D eigenvalue weighted by Gasteiger charge is 2.70. The Labute approximate surface area is 170 Å². The fourth-order valence-electron chi connectivity index (χ4n) is 6.64. The lowest BCUT2D eigenvalue weighted by molar-refractivity contribution is -0.953. The molecule has 1 aliphatic carbocycles. The summed E-state index contributed by atoms with van der Waals surface area (Å²) in [6.45, 7) is 9.82. The summed E-state index contributed by atoms with van der Waals surface area (Å²) in [5.41, 5.74) is 1.83. The summed E-state index contributed by atoms with van der Waals surface area (Å²) in [6.07, 6.45) is 10.3. The molecule has 146 valence electrons. The van der Waals surface area contributed by atoms with Crippen LogP contribution in [0, 0.1) is 11.8 Å². The monoisotopic (exact) mass is 421 g/mol. The molecule has 0 aromatic heterocycles. The SMILES string of the molecule is CCCCCC[N@+]12CC[C@@H]3CC[C@H]([C@H](OCc4ccccc4)C1)[C@@]32C.[Br-]. The standard InChI is InChI=1S/C23H36NO.BrH/c1-3-4-5-9-15-24-16-14-20-12-13-21(23(20,24)2)22(17-24)25-18-19-10-7-6-8-11-19;/h6-8,10-11,20-22H,3-5,9,12-18H2,1-2H3;1H/q+1;/p-1/t20-,21+,22+,23+,24-;/m0./s1. The Bertz CT molecular complexity index is 579. The molecule has 1 aromatic rings. The number of nitrogens with zero attached hydrogens (tertiary/aromatic N) is 1. The Kier molecular flexibility index (Phi) is 6.52. The number of rotatable bonds is 8. The molecule has 2 heterocycles. The molecule has 0 radical (unpaired) electrons. The lowest BCUT2D eigenvalue weighted by Crippen LogP contribution is -3.00. The maximum absolute atomic E-state index is 6.56. The smallest absolute Gasteiger partial charge is 0.116 e. The highest BCUT2D eigenvalue weighted by Crippen LogP contribution is 2.60. The lowest BCUT2D eigenvalue weighted by atomic mass is 9.83. The lowest BCUT2D eigenvalue weighted by Gasteiger charge is -2.44. The third-order valence-corrected chi connectivity index (χ3v) is 8.06. The van der Waals surface area contributed by atoms with Gasteiger partial charge in [0.05, 0.1) is 19.7 Å². The van der Waals surface area contributed by atoms with E-state index in [0.717, 1.165) is 18.4 Å². The van der Waals surface area contributed by atoms with Gasteiger partial charge in [0, 0.05) is 18.3 Å². The van der Waals surface area contributed by atoms with Gasteiger partial charge in [0.1, 0.15) is 18.2 Å². The molecule has 3 heteroatoms. The second-order valence-electron chi connectivity index (χ2n) is 9.07. The summed E-state index contributed by atoms with van der Waals surface area (Å²) in [6, 6.07) is 10.7. The van der Waals surface area contributed by atoms with Gasteiger partial charge in [0.2, 0.25) is 0 Å². The van der Waals surface area contributed by atoms with E-state index in [1.807, 2.05) is 0 Å². The minimum atomic E-state index is 0. The van der Waals surface area contributed by atoms with Crippen molar-refractivity contribution in [1.82, 2.24) is 0 Å². The van der Waals surface area contributed by atoms with Crippen LogP contribution in [0.3, 0.4) is 0 Å². The van der Waals surface area contributed by atoms with E-state index in [1.165, 1.54) is 74.6 Å². The predicted molar refractivity (Wildman–Crippen MR) is 103 cm³/mol. The normalized spacial score (nSPS) is 37.5. The van der Waals surface area contributed by atoms with E-state index >= 15 is 0 Å². The van der Waals surface area contributed by atoms with E-state index < -0.39 is 0 Å². The fraction of sp³-hybridized carbons (Fsp3) is 0.739. The Morgan fingerprint density at radius 3 is 2.65 bits per heavy atom. The minimum absolute atomic E-state index is 0. The van der Waals surface area contributed by atoms with Crippen molar-refractivity contribution in [2.45, 2.75) is 77.0 Å². The molecule has 26 heavy (non-hydrogen) atoms. The zero-order valence-electron chi connectivity index (χ0n) is 16.6. The molecule has 5 atom stereocenters. The number of halogens is 1. The van der Waals surface area contributed by atoms with Crippen LogP contribution < -0.4 is 17.0 Å². The molecule has 0 N–H and O–H groups in total. The summed E-state index contributed by atoms with van der Waals surface area (Å²) in [5, 5.41) is 0. The summed E-state index contributed by atoms with van der Waals surface area (Å²) >= 11 is 0. The van der Waals surface area contributed by atoms with Gasteiger partial charge >= 0.3 is 0 Å². The number of ether oxygens (including phenoxy) is 1. The van der Waals surface area contributed by atoms with Crippen LogP contribution in [-0.4, -0.2) is 35.8 Å². The quantitative estimate of drug-likeness (QED) is 0.461. The van der Waals surface area contributed by atoms with Crippen molar-refractivity contribution >= 4 is 0 Å². The minimum Gasteiger partial charge on any atom is -1.00 e. The van der Waals surface area contributed by atoms with Gasteiger partial charge in [-0.25, -0.2) is 0 Å². The average Bonchev–Trinajstić information content (AvgIpc) is 3.20. The van der Waals surface area contributed by atoms with Crippen molar-refractivity contribution in [3.63, 3.8) is 0 Å². The van der Waals surface area contributed by atoms with Crippen LogP contribution in [0.5, 0.6) is 0 Å². The molecule has 2 nitrogen and oxygen atoms in total. The van der Waals surface area contributed by atoms with Crippen molar-refractivity contribution in [2.75, 3.05) is 19.6 Å². The summed E-state index contributed by atoms with van der Waals surface area (Å²) in [5.74, 6) is 1.74. The Morgan fingerprint density at radius 1 is 1.08 bits per heavy atom. The van der Waals surface area contributed by atoms with Crippen LogP contribution >= 0.6 is 0 Å². The maximum Gasteiger partial charge on any atom is 0.116 e. The van der Waals surface area contributed by atoms with Crippen molar-refractivity contribution in [3.8, 4) is 0 Å². The van der Waals surface area contributed by atoms with E-state index in [0.29, 0.717) is 11.6 Å². The molecule has 0 spiro atoms. The van der Waals surface area contributed by atoms with Crippen molar-refractivity contribution in [1.29, 1.82) is 0 Å². The van der Waals surface area contributed by atoms with E-state index in [4.69, 9.17) is 4.74 Å². The molecule has 2 aliphatic heterocycles. The largest absolute Gasteiger partial charge is 1.00 e. The molecule has 4 rings (SSSR count). The summed E-state index contributed by atoms with van der Waals surface area (Å²) in [7, 11) is 0. The fourth-order valence-corrected chi connectivity index (χ4v) is 6.64. The van der Waals surface area contributed by atoms with Crippen molar-refractivity contribution in [2.24, 2.45) is 11.8 Å². The van der Waals surface area contributed by atoms with Gasteiger partial charge in [-0.2, -0.15) is 0 Å². The maximum atomic E-state index is 6.56. The number of quaternary nitrogens is 1. The van der Waals surface area contributed by atoms with Crippen molar-refractivity contribution in [3.05, 3.63) is 35.9 Å². The second kappa shape index (κ2) is 8.32. The van der Waals surface area contributed by atoms with Gasteiger partial charge in [-0.15, -0.1) is 0 Å². The van der Waals surface area contributed by atoms with Crippen LogP contribution in [0.4, 0.5) is 0 Å². The third kappa shape index (κ3) is 3.29. The second-order valence-corrected chi connectivity index (χ2v) is 9.07. The predicted octanol–water partition coefficient (Wildman–Crippen LogP) is 2.18. The molecule has 3 aliphatic rings. The van der Waals surface area contributed by atoms with Crippen LogP contribution in [0.1, 0.15) is 64.4 Å². The zero-order chi connectivity index (χ0) is 17.3. The first-order chi connectivity index (χ1) is 12.2. The Balaban J connectivity index is 0.00000196. The number of hydrogen-bond donors (Lipinski definition) is 0. The number of hydrogen-bond acceptors (Lipinski definition) is 1. The van der Waals surface area contributed by atoms with Gasteiger partial charge < -0.3 is 26.2 Å². The highest BCUT2D eigenvalue weighted by molar-refractivity contribution is 5.14. The summed E-state index contributed by atoms with van der Waals surface area (Å²) in [4.78, 5) is 0. The van der Waals surface area contributed by atoms with Crippen molar-refractivity contribution < 1.29 is 26.2 Å². The van der Waals surface area contributed by atoms with Gasteiger partial charge in [0.15, 0.2) is 0 Å². The van der Waals surface area contributed by atoms with Gasteiger partial charge in [-0.05, 0) is 38.2 Å². The van der Waals surface area contributed by atoms with Crippen LogP contribution in [0.2, 0.25) is 0 Å². The van der Waals surface area contributed by atoms with E-state index in [9.17, 15) is 0 Å². The van der Waals surface area contributed by atoms with Crippen LogP contribution in [0.25, 0.3) is 0 Å². The Hall–Kier alpha value is -0.380. The van der Waals surface area contributed by atoms with Gasteiger partial charge in [0.25, 0.3) is 0 Å². The number of unbranched alkanes of at least 4 members (excludes halogenated alkanes) is 3. The molecule has 0 unspecified atom stereocenters. The van der Waals surface area contributed by atoms with Crippen LogP contribution in [0.15, 0.2) is 30.3 Å². The van der Waals surface area contributed by atoms with Gasteiger partial charge in [-0.1, -0.05) is 50.1 Å². The molecular weight excluding hydrogens is 386 g/mol. The molecule has 2 saturated heterocycles. The molecule has 0 bridgehead atoms. The molecule has 3 fully saturated rings. The van der Waals surface area contributed by atoms with Gasteiger partial charge in [-0.3, -0.25) is 0 Å². The summed E-state index contributed by atoms with van der Waals surface area (Å²) < 4.78 is 7.94. The molecule has 0 amide bonds. The van der Waals surface area contributed by atoms with E-state index in [1.54, 1.807) is 0 Å². The first-order valence-corrected chi connectivity index (χ1v) is 10.7. The first-order valence-electron chi connectivity index (χ1n) is 10.7. The first kappa shape index (κ1) is 20.4. The zero-order valence-corrected chi connectivity index (χ0v) is 18.2. The highest BCUT2D eigenvalue weighted by atomic mass is 79.9. The van der Waals surface area contributed by atoms with Crippen LogP contribution in [-0.2, 0) is 11.3 Å². The Morgan fingerprint density at radius 2 is 1.88 bits per heavy atom. The molecule has 1 aromatic carbocycles. The van der Waals surface area contributed by atoms with E-state index in [-0.39, 0.29) is 17.0 Å². The molecule has 1 saturated carbocycles. The van der Waals surface area contributed by atoms with E-state index in [2.05, 4.69) is 44.2 Å². The topological polar surface area (TPSA) is 9.23 Å².